The van der Waals surface area contributed by atoms with Gasteiger partial charge in [0.15, 0.2) is 0 Å². The average molecular weight is 1370 g/mol. The first-order chi connectivity index (χ1) is 48.3. The molecule has 0 aromatic heterocycles. The van der Waals surface area contributed by atoms with Gasteiger partial charge in [-0.2, -0.15) is 0 Å². The molecule has 0 aliphatic heterocycles. The van der Waals surface area contributed by atoms with Crippen LogP contribution in [-0.4, -0.2) is 50.1 Å². The van der Waals surface area contributed by atoms with Crippen molar-refractivity contribution in [1.82, 2.24) is 10.6 Å². The van der Waals surface area contributed by atoms with E-state index < -0.39 is 0 Å². The second kappa shape index (κ2) is 70.4. The highest BCUT2D eigenvalue weighted by Crippen LogP contribution is 2.36. The smallest absolute Gasteiger partial charge is 0.305 e. The van der Waals surface area contributed by atoms with E-state index in [-0.39, 0.29) is 23.8 Å². The largest absolute Gasteiger partial charge is 0.465 e. The van der Waals surface area contributed by atoms with Gasteiger partial charge in [0.1, 0.15) is 0 Å². The third-order valence-corrected chi connectivity index (χ3v) is 21.7. The summed E-state index contributed by atoms with van der Waals surface area (Å²) in [6.07, 6.45) is 77.1. The fraction of sp³-hybridized carbons (Fsp3) is 0.822. The molecule has 0 saturated heterocycles. The minimum absolute atomic E-state index is 0.0441. The molecule has 2 N–H and O–H groups in total. The minimum Gasteiger partial charge on any atom is -0.465 e. The van der Waals surface area contributed by atoms with Crippen molar-refractivity contribution >= 4 is 23.8 Å². The SMILES string of the molecule is CCCCCCCCC(CCCCCCCCC(=O)NCCNC(=O)CCCCCCCCC(CCCCCCCC)C(CCCCCCCC)CCCCCCCCC(=O)OCCc1ccccc1)C(CCCCCCCC)CCCCCCCCC(=O)OCCc1ccccc1. The maximum Gasteiger partial charge on any atom is 0.305 e. The van der Waals surface area contributed by atoms with Gasteiger partial charge in [0.05, 0.1) is 13.2 Å². The van der Waals surface area contributed by atoms with E-state index in [1.165, 1.54) is 319 Å². The molecule has 2 amide bonds. The van der Waals surface area contributed by atoms with Crippen molar-refractivity contribution in [3.8, 4) is 0 Å². The summed E-state index contributed by atoms with van der Waals surface area (Å²) in [4.78, 5) is 50.2. The molecule has 2 rings (SSSR count). The van der Waals surface area contributed by atoms with E-state index in [0.717, 1.165) is 87.9 Å². The predicted octanol–water partition coefficient (Wildman–Crippen LogP) is 26.7. The van der Waals surface area contributed by atoms with Crippen molar-refractivity contribution in [1.29, 1.82) is 0 Å². The molecule has 8 nitrogen and oxygen atoms in total. The number of carbonyl (C=O) groups is 4. The number of rotatable bonds is 75. The highest BCUT2D eigenvalue weighted by atomic mass is 16.5. The van der Waals surface area contributed by atoms with Crippen LogP contribution in [0.4, 0.5) is 0 Å². The third-order valence-electron chi connectivity index (χ3n) is 21.7. The number of carbonyl (C=O) groups excluding carboxylic acids is 4. The van der Waals surface area contributed by atoms with Crippen molar-refractivity contribution in [3.63, 3.8) is 0 Å². The highest BCUT2D eigenvalue weighted by molar-refractivity contribution is 5.77. The number of esters is 2. The lowest BCUT2D eigenvalue weighted by molar-refractivity contribution is -0.144. The lowest BCUT2D eigenvalue weighted by Crippen LogP contribution is -2.34. The number of ether oxygens (including phenoxy) is 2. The van der Waals surface area contributed by atoms with Gasteiger partial charge in [0.2, 0.25) is 11.8 Å². The van der Waals surface area contributed by atoms with Gasteiger partial charge in [-0.3, -0.25) is 19.2 Å². The lowest BCUT2D eigenvalue weighted by Gasteiger charge is -2.28. The molecule has 8 heteroatoms. The molecule has 0 saturated carbocycles. The highest BCUT2D eigenvalue weighted by Gasteiger charge is 2.23. The van der Waals surface area contributed by atoms with Crippen LogP contribution in [0, 0.1) is 23.7 Å². The van der Waals surface area contributed by atoms with Crippen LogP contribution < -0.4 is 10.6 Å². The molecule has 2 aromatic carbocycles. The summed E-state index contributed by atoms with van der Waals surface area (Å²) in [5.74, 6) is 3.59. The molecule has 0 fully saturated rings. The molecule has 0 spiro atoms. The Morgan fingerprint density at radius 1 is 0.265 bits per heavy atom. The summed E-state index contributed by atoms with van der Waals surface area (Å²) in [5, 5.41) is 6.15. The Kier molecular flexibility index (Phi) is 64.9. The van der Waals surface area contributed by atoms with Gasteiger partial charge in [0, 0.05) is 51.6 Å². The monoisotopic (exact) mass is 1370 g/mol. The van der Waals surface area contributed by atoms with Crippen molar-refractivity contribution in [2.24, 2.45) is 23.7 Å². The first-order valence-electron chi connectivity index (χ1n) is 43.2. The van der Waals surface area contributed by atoms with E-state index >= 15 is 0 Å². The van der Waals surface area contributed by atoms with E-state index in [9.17, 15) is 19.2 Å². The summed E-state index contributed by atoms with van der Waals surface area (Å²) in [6.45, 7) is 11.3. The maximum atomic E-state index is 12.8. The Balaban J connectivity index is 1.67. The van der Waals surface area contributed by atoms with Crippen molar-refractivity contribution in [2.45, 2.75) is 426 Å². The van der Waals surface area contributed by atoms with Crippen molar-refractivity contribution in [3.05, 3.63) is 71.8 Å². The maximum absolute atomic E-state index is 12.8. The Bertz CT molecular complexity index is 1890. The van der Waals surface area contributed by atoms with Gasteiger partial charge in [-0.05, 0) is 60.5 Å². The zero-order valence-electron chi connectivity index (χ0n) is 65.2. The van der Waals surface area contributed by atoms with Crippen molar-refractivity contribution < 1.29 is 28.7 Å². The summed E-state index contributed by atoms with van der Waals surface area (Å²) in [5.41, 5.74) is 2.43. The van der Waals surface area contributed by atoms with E-state index in [0.29, 0.717) is 52.0 Å². The van der Waals surface area contributed by atoms with Crippen LogP contribution >= 0.6 is 0 Å². The summed E-state index contributed by atoms with van der Waals surface area (Å²) in [7, 11) is 0. The van der Waals surface area contributed by atoms with Crippen LogP contribution in [0.25, 0.3) is 0 Å². The van der Waals surface area contributed by atoms with Gasteiger partial charge in [-0.25, -0.2) is 0 Å². The molecule has 2 aromatic rings. The molecule has 566 valence electrons. The Hall–Kier alpha value is -3.68. The van der Waals surface area contributed by atoms with Crippen LogP contribution in [0.3, 0.4) is 0 Å². The number of unbranched alkanes of at least 4 members (excludes halogenated alkanes) is 40. The molecular weight excluding hydrogens is 1200 g/mol. The fourth-order valence-corrected chi connectivity index (χ4v) is 15.4. The van der Waals surface area contributed by atoms with Crippen LogP contribution in [-0.2, 0) is 41.5 Å². The Morgan fingerprint density at radius 3 is 0.704 bits per heavy atom. The van der Waals surface area contributed by atoms with Crippen LogP contribution in [0.5, 0.6) is 0 Å². The van der Waals surface area contributed by atoms with Gasteiger partial charge in [0.25, 0.3) is 0 Å². The van der Waals surface area contributed by atoms with Crippen LogP contribution in [0.2, 0.25) is 0 Å². The minimum atomic E-state index is -0.0441. The van der Waals surface area contributed by atoms with Crippen LogP contribution in [0.1, 0.15) is 424 Å². The van der Waals surface area contributed by atoms with E-state index in [1.807, 2.05) is 36.4 Å². The van der Waals surface area contributed by atoms with Gasteiger partial charge < -0.3 is 20.1 Å². The first kappa shape index (κ1) is 90.4. The topological polar surface area (TPSA) is 111 Å². The molecule has 98 heavy (non-hydrogen) atoms. The molecule has 4 unspecified atom stereocenters. The lowest BCUT2D eigenvalue weighted by atomic mass is 9.78. The summed E-state index contributed by atoms with van der Waals surface area (Å²) >= 11 is 0. The summed E-state index contributed by atoms with van der Waals surface area (Å²) < 4.78 is 11.1. The van der Waals surface area contributed by atoms with Crippen molar-refractivity contribution in [2.75, 3.05) is 26.3 Å². The molecule has 0 aliphatic carbocycles. The fourth-order valence-electron chi connectivity index (χ4n) is 15.4. The second-order valence-corrected chi connectivity index (χ2v) is 30.5. The molecule has 4 atom stereocenters. The molecule has 0 radical (unpaired) electrons. The standard InChI is InChI=1S/C90H160N2O6/c1-5-9-13-17-29-47-63-83(85(65-49-31-19-15-11-7-3)69-53-35-23-27-39-57-73-89(95)97-79-75-81-59-43-41-44-60-81)67-51-33-21-25-37-55-71-87(93)91-77-78-92-88(94)72-56-38-26-22-34-52-68-84(64-48-30-18-14-10-6-2)86(66-50-32-20-16-12-8-4)70-54-36-24-28-40-58-74-90(96)98-80-76-82-61-45-42-46-62-82/h41-46,59-62,83-86H,5-40,47-58,63-80H2,1-4H3,(H,91,93)(H,92,94). The molecule has 0 heterocycles. The Labute approximate surface area is 607 Å². The molecule has 0 aliphatic rings. The second-order valence-electron chi connectivity index (χ2n) is 30.5. The van der Waals surface area contributed by atoms with Crippen LogP contribution in [0.15, 0.2) is 60.7 Å². The number of amides is 2. The number of benzene rings is 2. The summed E-state index contributed by atoms with van der Waals surface area (Å²) in [6, 6.07) is 20.6. The third kappa shape index (κ3) is 57.9. The number of nitrogens with one attached hydrogen (secondary N) is 2. The molecular formula is C90H160N2O6. The quantitative estimate of drug-likeness (QED) is 0.0504. The predicted molar refractivity (Wildman–Crippen MR) is 422 cm³/mol. The zero-order valence-corrected chi connectivity index (χ0v) is 65.2. The van der Waals surface area contributed by atoms with E-state index in [4.69, 9.17) is 9.47 Å². The zero-order chi connectivity index (χ0) is 70.3. The van der Waals surface area contributed by atoms with Gasteiger partial charge >= 0.3 is 11.9 Å². The normalized spacial score (nSPS) is 12.7. The van der Waals surface area contributed by atoms with Gasteiger partial charge in [-0.1, -0.05) is 422 Å². The first-order valence-corrected chi connectivity index (χ1v) is 43.2. The molecule has 0 bridgehead atoms. The average Bonchev–Trinajstić information content (AvgIpc) is 1.96. The number of hydrogen-bond donors (Lipinski definition) is 2. The van der Waals surface area contributed by atoms with E-state index in [2.05, 4.69) is 62.6 Å². The van der Waals surface area contributed by atoms with Gasteiger partial charge in [-0.15, -0.1) is 0 Å². The Morgan fingerprint density at radius 2 is 0.469 bits per heavy atom. The number of hydrogen-bond acceptors (Lipinski definition) is 6. The van der Waals surface area contributed by atoms with E-state index in [1.54, 1.807) is 0 Å².